The highest BCUT2D eigenvalue weighted by molar-refractivity contribution is 9.10. The summed E-state index contributed by atoms with van der Waals surface area (Å²) in [6.45, 7) is 2.74. The maximum atomic E-state index is 13.0. The Labute approximate surface area is 184 Å². The molecule has 0 fully saturated rings. The summed E-state index contributed by atoms with van der Waals surface area (Å²) >= 11 is 4.79. The van der Waals surface area contributed by atoms with Gasteiger partial charge in [-0.05, 0) is 42.8 Å². The third kappa shape index (κ3) is 4.19. The maximum absolute atomic E-state index is 13.0. The zero-order chi connectivity index (χ0) is 21.3. The molecular weight excluding hydrogens is 468 g/mol. The van der Waals surface area contributed by atoms with Gasteiger partial charge in [0, 0.05) is 29.6 Å². The predicted molar refractivity (Wildman–Crippen MR) is 121 cm³/mol. The molecule has 0 N–H and O–H groups in total. The number of hydrogen-bond acceptors (Lipinski definition) is 6. The van der Waals surface area contributed by atoms with Crippen LogP contribution in [0.4, 0.5) is 0 Å². The van der Waals surface area contributed by atoms with Gasteiger partial charge in [-0.2, -0.15) is 0 Å². The van der Waals surface area contributed by atoms with E-state index in [1.165, 1.54) is 22.2 Å². The van der Waals surface area contributed by atoms with E-state index >= 15 is 0 Å². The van der Waals surface area contributed by atoms with Crippen molar-refractivity contribution in [3.8, 4) is 0 Å². The van der Waals surface area contributed by atoms with Crippen molar-refractivity contribution in [2.75, 3.05) is 13.7 Å². The zero-order valence-electron chi connectivity index (χ0n) is 16.5. The van der Waals surface area contributed by atoms with Crippen LogP contribution in [0.2, 0.25) is 0 Å². The second-order valence-electron chi connectivity index (χ2n) is 6.81. The molecule has 9 heteroatoms. The number of hydrogen-bond donors (Lipinski definition) is 0. The van der Waals surface area contributed by atoms with Crippen LogP contribution in [-0.2, 0) is 17.0 Å². The highest BCUT2D eigenvalue weighted by Crippen LogP contribution is 2.23. The average Bonchev–Trinajstić information content (AvgIpc) is 2.72. The molecule has 4 rings (SSSR count). The number of methoxy groups -OCH3 is 1. The fourth-order valence-electron chi connectivity index (χ4n) is 3.13. The molecule has 7 nitrogen and oxygen atoms in total. The van der Waals surface area contributed by atoms with E-state index < -0.39 is 0 Å². The summed E-state index contributed by atoms with van der Waals surface area (Å²) in [5.41, 5.74) is 2.64. The van der Waals surface area contributed by atoms with Gasteiger partial charge in [-0.3, -0.25) is 18.6 Å². The molecular formula is C21H19BrN4O3S. The Bertz CT molecular complexity index is 1370. The first-order valence-electron chi connectivity index (χ1n) is 9.27. The standard InChI is InChI=1S/C21H19BrN4O3S/c1-13-5-6-25-18(9-13)23-15(11-19(25)27)12-30-21-24-17-4-3-14(22)10-16(17)20(28)26(21)7-8-29-2/h3-6,9-11H,7-8,12H2,1-2H3. The molecule has 0 amide bonds. The number of fused-ring (bicyclic) bond motifs is 2. The van der Waals surface area contributed by atoms with Crippen LogP contribution >= 0.6 is 27.7 Å². The van der Waals surface area contributed by atoms with Crippen LogP contribution < -0.4 is 11.1 Å². The summed E-state index contributed by atoms with van der Waals surface area (Å²) in [4.78, 5) is 34.7. The molecule has 0 atom stereocenters. The summed E-state index contributed by atoms with van der Waals surface area (Å²) in [6, 6.07) is 10.7. The summed E-state index contributed by atoms with van der Waals surface area (Å²) in [7, 11) is 1.59. The van der Waals surface area contributed by atoms with Gasteiger partial charge in [0.15, 0.2) is 5.16 Å². The molecule has 0 aliphatic heterocycles. The van der Waals surface area contributed by atoms with Crippen molar-refractivity contribution >= 4 is 44.2 Å². The van der Waals surface area contributed by atoms with E-state index in [0.717, 1.165) is 10.0 Å². The molecule has 0 bridgehead atoms. The zero-order valence-corrected chi connectivity index (χ0v) is 18.9. The molecule has 0 spiro atoms. The van der Waals surface area contributed by atoms with Gasteiger partial charge < -0.3 is 4.74 Å². The molecule has 154 valence electrons. The smallest absolute Gasteiger partial charge is 0.262 e. The number of halogens is 1. The van der Waals surface area contributed by atoms with Gasteiger partial charge in [-0.25, -0.2) is 9.97 Å². The molecule has 3 aromatic heterocycles. The van der Waals surface area contributed by atoms with Crippen LogP contribution in [0.25, 0.3) is 16.6 Å². The Morgan fingerprint density at radius 1 is 1.13 bits per heavy atom. The van der Waals surface area contributed by atoms with Crippen LogP contribution in [0.1, 0.15) is 11.3 Å². The first kappa shape index (κ1) is 20.8. The first-order valence-corrected chi connectivity index (χ1v) is 11.0. The lowest BCUT2D eigenvalue weighted by Crippen LogP contribution is -2.25. The monoisotopic (exact) mass is 486 g/mol. The number of nitrogens with zero attached hydrogens (tertiary/aromatic N) is 4. The third-order valence-corrected chi connectivity index (χ3v) is 6.13. The topological polar surface area (TPSA) is 78.5 Å². The lowest BCUT2D eigenvalue weighted by atomic mass is 10.2. The summed E-state index contributed by atoms with van der Waals surface area (Å²) < 4.78 is 9.12. The largest absolute Gasteiger partial charge is 0.383 e. The Morgan fingerprint density at radius 3 is 2.77 bits per heavy atom. The highest BCUT2D eigenvalue weighted by Gasteiger charge is 2.13. The molecule has 4 aromatic rings. The van der Waals surface area contributed by atoms with Crippen molar-refractivity contribution in [2.45, 2.75) is 24.4 Å². The van der Waals surface area contributed by atoms with Gasteiger partial charge in [0.1, 0.15) is 5.65 Å². The van der Waals surface area contributed by atoms with E-state index in [1.54, 1.807) is 23.9 Å². The van der Waals surface area contributed by atoms with E-state index in [4.69, 9.17) is 4.74 Å². The van der Waals surface area contributed by atoms with Crippen molar-refractivity contribution in [2.24, 2.45) is 0 Å². The second-order valence-corrected chi connectivity index (χ2v) is 8.67. The Morgan fingerprint density at radius 2 is 1.97 bits per heavy atom. The van der Waals surface area contributed by atoms with Crippen LogP contribution in [0.15, 0.2) is 61.8 Å². The Kier molecular flexibility index (Phi) is 6.03. The number of aromatic nitrogens is 4. The van der Waals surface area contributed by atoms with E-state index in [9.17, 15) is 9.59 Å². The van der Waals surface area contributed by atoms with Crippen molar-refractivity contribution in [3.05, 3.63) is 79.0 Å². The van der Waals surface area contributed by atoms with Crippen molar-refractivity contribution in [1.29, 1.82) is 0 Å². The number of thioether (sulfide) groups is 1. The van der Waals surface area contributed by atoms with Crippen LogP contribution in [0.5, 0.6) is 0 Å². The summed E-state index contributed by atoms with van der Waals surface area (Å²) in [5, 5.41) is 1.11. The minimum atomic E-state index is -0.135. The van der Waals surface area contributed by atoms with Crippen molar-refractivity contribution in [3.63, 3.8) is 0 Å². The molecule has 1 aromatic carbocycles. The Balaban J connectivity index is 1.72. The van der Waals surface area contributed by atoms with E-state index in [-0.39, 0.29) is 11.1 Å². The molecule has 0 aliphatic rings. The fourth-order valence-corrected chi connectivity index (χ4v) is 4.41. The number of pyridine rings is 1. The molecule has 3 heterocycles. The van der Waals surface area contributed by atoms with E-state index in [0.29, 0.717) is 46.3 Å². The normalized spacial score (nSPS) is 11.4. The molecule has 0 aliphatic carbocycles. The lowest BCUT2D eigenvalue weighted by molar-refractivity contribution is 0.183. The van der Waals surface area contributed by atoms with Gasteiger partial charge in [-0.15, -0.1) is 0 Å². The average molecular weight is 487 g/mol. The quantitative estimate of drug-likeness (QED) is 0.307. The third-order valence-electron chi connectivity index (χ3n) is 4.63. The molecule has 0 saturated carbocycles. The number of ether oxygens (including phenoxy) is 1. The Hall–Kier alpha value is -2.49. The van der Waals surface area contributed by atoms with Crippen LogP contribution in [-0.4, -0.2) is 32.7 Å². The highest BCUT2D eigenvalue weighted by atomic mass is 79.9. The van der Waals surface area contributed by atoms with Gasteiger partial charge >= 0.3 is 0 Å². The molecule has 30 heavy (non-hydrogen) atoms. The van der Waals surface area contributed by atoms with Crippen LogP contribution in [0.3, 0.4) is 0 Å². The first-order chi connectivity index (χ1) is 14.5. The van der Waals surface area contributed by atoms with Crippen LogP contribution in [0, 0.1) is 6.92 Å². The SMILES string of the molecule is COCCn1c(SCc2cc(=O)n3ccc(C)cc3n2)nc2ccc(Br)cc2c1=O. The molecule has 0 unspecified atom stereocenters. The van der Waals surface area contributed by atoms with Gasteiger partial charge in [0.05, 0.1) is 29.7 Å². The number of rotatable bonds is 6. The fraction of sp³-hybridized carbons (Fsp3) is 0.238. The second kappa shape index (κ2) is 8.71. The summed E-state index contributed by atoms with van der Waals surface area (Å²) in [5.74, 6) is 0.418. The minimum absolute atomic E-state index is 0.122. The number of aryl methyl sites for hydroxylation is 1. The van der Waals surface area contributed by atoms with E-state index in [2.05, 4.69) is 25.9 Å². The minimum Gasteiger partial charge on any atom is -0.383 e. The van der Waals surface area contributed by atoms with Crippen molar-refractivity contribution < 1.29 is 4.74 Å². The van der Waals surface area contributed by atoms with E-state index in [1.807, 2.05) is 31.2 Å². The van der Waals surface area contributed by atoms with Gasteiger partial charge in [-0.1, -0.05) is 27.7 Å². The maximum Gasteiger partial charge on any atom is 0.262 e. The molecule has 0 radical (unpaired) electrons. The van der Waals surface area contributed by atoms with Gasteiger partial charge in [0.2, 0.25) is 0 Å². The predicted octanol–water partition coefficient (Wildman–Crippen LogP) is 3.41. The lowest BCUT2D eigenvalue weighted by Gasteiger charge is -2.13. The van der Waals surface area contributed by atoms with Crippen molar-refractivity contribution in [1.82, 2.24) is 18.9 Å². The number of benzene rings is 1. The van der Waals surface area contributed by atoms with Gasteiger partial charge in [0.25, 0.3) is 11.1 Å². The summed E-state index contributed by atoms with van der Waals surface area (Å²) in [6.07, 6.45) is 1.72. The molecule has 0 saturated heterocycles.